The van der Waals surface area contributed by atoms with Crippen molar-refractivity contribution in [2.45, 2.75) is 25.4 Å². The number of carbonyl (C=O) groups excluding carboxylic acids is 1. The molecule has 6 nitrogen and oxygen atoms in total. The second-order valence-electron chi connectivity index (χ2n) is 4.76. The summed E-state index contributed by atoms with van der Waals surface area (Å²) in [6, 6.07) is 0.311. The van der Waals surface area contributed by atoms with Crippen molar-refractivity contribution in [3.8, 4) is 0 Å². The Kier molecular flexibility index (Phi) is 4.72. The number of likely N-dealkylation sites (tertiary alicyclic amines) is 1. The van der Waals surface area contributed by atoms with Gasteiger partial charge in [0.15, 0.2) is 0 Å². The van der Waals surface area contributed by atoms with E-state index in [2.05, 4.69) is 15.2 Å². The Balaban J connectivity index is 1.60. The molecular formula is C12H21N5O. The Morgan fingerprint density at radius 1 is 1.44 bits per heavy atom. The molecule has 1 fully saturated rings. The van der Waals surface area contributed by atoms with E-state index in [1.165, 1.54) is 0 Å². The third-order valence-corrected chi connectivity index (χ3v) is 3.25. The fourth-order valence-electron chi connectivity index (χ4n) is 2.11. The number of nitrogens with zero attached hydrogens (tertiary/aromatic N) is 3. The normalized spacial score (nSPS) is 17.8. The monoisotopic (exact) mass is 251 g/mol. The summed E-state index contributed by atoms with van der Waals surface area (Å²) in [6.07, 6.45) is 7.35. The summed E-state index contributed by atoms with van der Waals surface area (Å²) >= 11 is 0. The smallest absolute Gasteiger partial charge is 0.234 e. The number of amides is 1. The second-order valence-corrected chi connectivity index (χ2v) is 4.76. The minimum atomic E-state index is 0.0885. The van der Waals surface area contributed by atoms with Gasteiger partial charge in [-0.1, -0.05) is 0 Å². The molecule has 2 rings (SSSR count). The van der Waals surface area contributed by atoms with Crippen LogP contribution in [0.25, 0.3) is 0 Å². The van der Waals surface area contributed by atoms with Gasteiger partial charge in [-0.2, -0.15) is 0 Å². The number of carbonyl (C=O) groups is 1. The molecule has 0 atom stereocenters. The maximum absolute atomic E-state index is 11.7. The van der Waals surface area contributed by atoms with Crippen molar-refractivity contribution in [3.63, 3.8) is 0 Å². The predicted octanol–water partition coefficient (Wildman–Crippen LogP) is -0.578. The molecule has 1 aromatic rings. The average Bonchev–Trinajstić information content (AvgIpc) is 2.85. The Morgan fingerprint density at radius 3 is 2.89 bits per heavy atom. The first-order chi connectivity index (χ1) is 8.74. The lowest BCUT2D eigenvalue weighted by molar-refractivity contribution is -0.122. The molecular weight excluding hydrogens is 230 g/mol. The van der Waals surface area contributed by atoms with Crippen molar-refractivity contribution in [1.29, 1.82) is 0 Å². The minimum Gasteiger partial charge on any atom is -0.353 e. The molecule has 0 aromatic carbocycles. The van der Waals surface area contributed by atoms with Gasteiger partial charge in [0.25, 0.3) is 0 Å². The topological polar surface area (TPSA) is 76.2 Å². The number of nitrogens with two attached hydrogens (primary N) is 1. The van der Waals surface area contributed by atoms with Gasteiger partial charge in [-0.15, -0.1) is 0 Å². The molecule has 1 amide bonds. The van der Waals surface area contributed by atoms with E-state index in [0.717, 1.165) is 32.5 Å². The Morgan fingerprint density at radius 2 is 2.22 bits per heavy atom. The van der Waals surface area contributed by atoms with Crippen molar-refractivity contribution >= 4 is 5.91 Å². The molecule has 2 heterocycles. The maximum atomic E-state index is 11.7. The Hall–Kier alpha value is -1.40. The quantitative estimate of drug-likeness (QED) is 0.734. The summed E-state index contributed by atoms with van der Waals surface area (Å²) in [6.45, 7) is 3.74. The van der Waals surface area contributed by atoms with Gasteiger partial charge < -0.3 is 15.6 Å². The van der Waals surface area contributed by atoms with Crippen LogP contribution in [0.2, 0.25) is 0 Å². The minimum absolute atomic E-state index is 0.0885. The van der Waals surface area contributed by atoms with Crippen LogP contribution in [-0.2, 0) is 11.3 Å². The fourth-order valence-corrected chi connectivity index (χ4v) is 2.11. The number of hydrogen-bond donors (Lipinski definition) is 2. The molecule has 0 spiro atoms. The number of rotatable bonds is 5. The third kappa shape index (κ3) is 4.12. The summed E-state index contributed by atoms with van der Waals surface area (Å²) < 4.78 is 1.94. The number of piperidine rings is 1. The van der Waals surface area contributed by atoms with Crippen molar-refractivity contribution in [3.05, 3.63) is 18.7 Å². The second kappa shape index (κ2) is 6.51. The van der Waals surface area contributed by atoms with E-state index in [9.17, 15) is 4.79 Å². The molecule has 1 saturated heterocycles. The molecule has 1 aromatic heterocycles. The van der Waals surface area contributed by atoms with E-state index in [4.69, 9.17) is 5.73 Å². The summed E-state index contributed by atoms with van der Waals surface area (Å²) in [4.78, 5) is 17.8. The van der Waals surface area contributed by atoms with Gasteiger partial charge in [0.2, 0.25) is 5.91 Å². The molecule has 1 aliphatic rings. The van der Waals surface area contributed by atoms with Crippen LogP contribution >= 0.6 is 0 Å². The van der Waals surface area contributed by atoms with Crippen LogP contribution in [0.15, 0.2) is 18.7 Å². The van der Waals surface area contributed by atoms with Crippen LogP contribution in [0.1, 0.15) is 12.8 Å². The lowest BCUT2D eigenvalue weighted by Gasteiger charge is -2.29. The maximum Gasteiger partial charge on any atom is 0.234 e. The SMILES string of the molecule is NC1CCN(CC(=O)NCCn2ccnc2)CC1. The van der Waals surface area contributed by atoms with Crippen LogP contribution < -0.4 is 11.1 Å². The number of aromatic nitrogens is 2. The van der Waals surface area contributed by atoms with Crippen molar-refractivity contribution in [1.82, 2.24) is 19.8 Å². The highest BCUT2D eigenvalue weighted by atomic mass is 16.2. The number of imidazole rings is 1. The number of nitrogens with one attached hydrogen (secondary N) is 1. The zero-order valence-electron chi connectivity index (χ0n) is 10.6. The van der Waals surface area contributed by atoms with Crippen LogP contribution in [0.5, 0.6) is 0 Å². The molecule has 0 saturated carbocycles. The highest BCUT2D eigenvalue weighted by Gasteiger charge is 2.17. The highest BCUT2D eigenvalue weighted by molar-refractivity contribution is 5.77. The standard InChI is InChI=1S/C12H21N5O/c13-11-1-5-16(6-2-11)9-12(18)15-4-8-17-7-3-14-10-17/h3,7,10-11H,1-2,4-6,8-9,13H2,(H,15,18). The van der Waals surface area contributed by atoms with E-state index < -0.39 is 0 Å². The zero-order valence-corrected chi connectivity index (χ0v) is 10.6. The first kappa shape index (κ1) is 13.0. The van der Waals surface area contributed by atoms with Gasteiger partial charge >= 0.3 is 0 Å². The van der Waals surface area contributed by atoms with E-state index in [-0.39, 0.29) is 5.91 Å². The molecule has 1 aliphatic heterocycles. The molecule has 100 valence electrons. The summed E-state index contributed by atoms with van der Waals surface area (Å²) in [7, 11) is 0. The van der Waals surface area contributed by atoms with Gasteiger partial charge in [0.05, 0.1) is 12.9 Å². The molecule has 0 radical (unpaired) electrons. The average molecular weight is 251 g/mol. The number of hydrogen-bond acceptors (Lipinski definition) is 4. The van der Waals surface area contributed by atoms with Gasteiger partial charge in [-0.05, 0) is 12.8 Å². The van der Waals surface area contributed by atoms with Crippen molar-refractivity contribution in [2.24, 2.45) is 5.73 Å². The van der Waals surface area contributed by atoms with Crippen LogP contribution in [-0.4, -0.2) is 52.6 Å². The van der Waals surface area contributed by atoms with E-state index in [1.807, 2.05) is 10.8 Å². The summed E-state index contributed by atoms with van der Waals surface area (Å²) in [5.41, 5.74) is 5.83. The van der Waals surface area contributed by atoms with Gasteiger partial charge in [-0.3, -0.25) is 9.69 Å². The summed E-state index contributed by atoms with van der Waals surface area (Å²) in [5, 5.41) is 2.92. The van der Waals surface area contributed by atoms with Crippen molar-refractivity contribution < 1.29 is 4.79 Å². The zero-order chi connectivity index (χ0) is 12.8. The fraction of sp³-hybridized carbons (Fsp3) is 0.667. The molecule has 0 aliphatic carbocycles. The van der Waals surface area contributed by atoms with Gasteiger partial charge in [0, 0.05) is 44.6 Å². The van der Waals surface area contributed by atoms with E-state index in [1.54, 1.807) is 12.5 Å². The van der Waals surface area contributed by atoms with Crippen LogP contribution in [0.4, 0.5) is 0 Å². The van der Waals surface area contributed by atoms with Crippen molar-refractivity contribution in [2.75, 3.05) is 26.2 Å². The molecule has 3 N–H and O–H groups in total. The van der Waals surface area contributed by atoms with Crippen LogP contribution in [0.3, 0.4) is 0 Å². The molecule has 0 bridgehead atoms. The molecule has 6 heteroatoms. The Bertz CT molecular complexity index is 357. The summed E-state index contributed by atoms with van der Waals surface area (Å²) in [5.74, 6) is 0.0885. The largest absolute Gasteiger partial charge is 0.353 e. The molecule has 18 heavy (non-hydrogen) atoms. The predicted molar refractivity (Wildman–Crippen MR) is 68.9 cm³/mol. The first-order valence-electron chi connectivity index (χ1n) is 6.44. The Labute approximate surface area is 107 Å². The third-order valence-electron chi connectivity index (χ3n) is 3.25. The lowest BCUT2D eigenvalue weighted by Crippen LogP contribution is -2.44. The van der Waals surface area contributed by atoms with E-state index >= 15 is 0 Å². The highest BCUT2D eigenvalue weighted by Crippen LogP contribution is 2.06. The molecule has 0 unspecified atom stereocenters. The van der Waals surface area contributed by atoms with Gasteiger partial charge in [-0.25, -0.2) is 4.98 Å². The first-order valence-corrected chi connectivity index (χ1v) is 6.44. The lowest BCUT2D eigenvalue weighted by atomic mass is 10.1. The van der Waals surface area contributed by atoms with Gasteiger partial charge in [0.1, 0.15) is 0 Å². The van der Waals surface area contributed by atoms with Crippen LogP contribution in [0, 0.1) is 0 Å². The van der Waals surface area contributed by atoms with E-state index in [0.29, 0.717) is 19.1 Å².